The van der Waals surface area contributed by atoms with Crippen molar-refractivity contribution in [2.24, 2.45) is 0 Å². The number of aryl methyl sites for hydroxylation is 2. The summed E-state index contributed by atoms with van der Waals surface area (Å²) in [7, 11) is 1.93. The average Bonchev–Trinajstić information content (AvgIpc) is 2.57. The molecule has 0 amide bonds. The normalized spacial score (nSPS) is 10.3. The highest BCUT2D eigenvalue weighted by molar-refractivity contribution is 5.61. The number of rotatable bonds is 2. The first kappa shape index (κ1) is 9.77. The molecule has 3 heteroatoms. The SMILES string of the molecule is CNc1ccccc1-n1cc(C)nc1C. The highest BCUT2D eigenvalue weighted by Crippen LogP contribution is 2.21. The van der Waals surface area contributed by atoms with Gasteiger partial charge in [-0.1, -0.05) is 12.1 Å². The van der Waals surface area contributed by atoms with Gasteiger partial charge in [-0.25, -0.2) is 4.98 Å². The monoisotopic (exact) mass is 201 g/mol. The molecule has 0 radical (unpaired) electrons. The standard InChI is InChI=1S/C12H15N3/c1-9-8-15(10(2)14-9)12-7-5-4-6-11(12)13-3/h4-8,13H,1-3H3. The van der Waals surface area contributed by atoms with E-state index in [4.69, 9.17) is 0 Å². The zero-order chi connectivity index (χ0) is 10.8. The van der Waals surface area contributed by atoms with Crippen molar-refractivity contribution >= 4 is 5.69 Å². The fraction of sp³-hybridized carbons (Fsp3) is 0.250. The van der Waals surface area contributed by atoms with E-state index in [1.807, 2.05) is 39.2 Å². The lowest BCUT2D eigenvalue weighted by Gasteiger charge is -2.10. The number of imidazole rings is 1. The fourth-order valence-corrected chi connectivity index (χ4v) is 1.76. The Morgan fingerprint density at radius 3 is 2.53 bits per heavy atom. The maximum atomic E-state index is 4.40. The van der Waals surface area contributed by atoms with Gasteiger partial charge in [-0.2, -0.15) is 0 Å². The first-order valence-corrected chi connectivity index (χ1v) is 5.02. The number of aromatic nitrogens is 2. The summed E-state index contributed by atoms with van der Waals surface area (Å²) < 4.78 is 2.10. The van der Waals surface area contributed by atoms with Gasteiger partial charge in [0.1, 0.15) is 5.82 Å². The Morgan fingerprint density at radius 1 is 1.20 bits per heavy atom. The summed E-state index contributed by atoms with van der Waals surface area (Å²) in [6.45, 7) is 4.02. The molecule has 15 heavy (non-hydrogen) atoms. The summed E-state index contributed by atoms with van der Waals surface area (Å²) >= 11 is 0. The van der Waals surface area contributed by atoms with Gasteiger partial charge in [0.05, 0.1) is 17.1 Å². The van der Waals surface area contributed by atoms with Gasteiger partial charge in [-0.3, -0.25) is 0 Å². The minimum absolute atomic E-state index is 1.01. The second kappa shape index (κ2) is 3.77. The van der Waals surface area contributed by atoms with Gasteiger partial charge in [-0.15, -0.1) is 0 Å². The Hall–Kier alpha value is -1.77. The smallest absolute Gasteiger partial charge is 0.110 e. The van der Waals surface area contributed by atoms with Crippen molar-refractivity contribution < 1.29 is 0 Å². The van der Waals surface area contributed by atoms with Gasteiger partial charge in [0, 0.05) is 13.2 Å². The third-order valence-corrected chi connectivity index (χ3v) is 2.44. The van der Waals surface area contributed by atoms with Gasteiger partial charge in [-0.05, 0) is 26.0 Å². The van der Waals surface area contributed by atoms with Crippen LogP contribution in [0.15, 0.2) is 30.5 Å². The third kappa shape index (κ3) is 1.73. The van der Waals surface area contributed by atoms with Crippen molar-refractivity contribution in [3.63, 3.8) is 0 Å². The zero-order valence-corrected chi connectivity index (χ0v) is 9.28. The molecule has 0 aliphatic carbocycles. The van der Waals surface area contributed by atoms with E-state index < -0.39 is 0 Å². The van der Waals surface area contributed by atoms with Crippen LogP contribution < -0.4 is 5.32 Å². The van der Waals surface area contributed by atoms with Crippen LogP contribution in [0.25, 0.3) is 5.69 Å². The van der Waals surface area contributed by atoms with Crippen LogP contribution in [0.1, 0.15) is 11.5 Å². The molecule has 0 spiro atoms. The van der Waals surface area contributed by atoms with E-state index in [-0.39, 0.29) is 0 Å². The van der Waals surface area contributed by atoms with Crippen LogP contribution in [-0.2, 0) is 0 Å². The number of para-hydroxylation sites is 2. The Bertz CT molecular complexity index is 471. The van der Waals surface area contributed by atoms with Gasteiger partial charge in [0.2, 0.25) is 0 Å². The third-order valence-electron chi connectivity index (χ3n) is 2.44. The first-order chi connectivity index (χ1) is 7.22. The van der Waals surface area contributed by atoms with Crippen LogP contribution >= 0.6 is 0 Å². The van der Waals surface area contributed by atoms with Crippen LogP contribution in [0.4, 0.5) is 5.69 Å². The Balaban J connectivity index is 2.58. The quantitative estimate of drug-likeness (QED) is 0.809. The Morgan fingerprint density at radius 2 is 1.93 bits per heavy atom. The summed E-state index contributed by atoms with van der Waals surface area (Å²) in [5.74, 6) is 1.01. The summed E-state index contributed by atoms with van der Waals surface area (Å²) in [5.41, 5.74) is 3.29. The number of benzene rings is 1. The highest BCUT2D eigenvalue weighted by Gasteiger charge is 2.06. The van der Waals surface area contributed by atoms with Gasteiger partial charge in [0.15, 0.2) is 0 Å². The van der Waals surface area contributed by atoms with Crippen LogP contribution in [-0.4, -0.2) is 16.6 Å². The lowest BCUT2D eigenvalue weighted by Crippen LogP contribution is -2.00. The maximum Gasteiger partial charge on any atom is 0.110 e. The predicted octanol–water partition coefficient (Wildman–Crippen LogP) is 2.53. The van der Waals surface area contributed by atoms with Crippen LogP contribution in [0.3, 0.4) is 0 Å². The minimum Gasteiger partial charge on any atom is -0.386 e. The molecule has 1 heterocycles. The zero-order valence-electron chi connectivity index (χ0n) is 9.28. The van der Waals surface area contributed by atoms with Crippen molar-refractivity contribution in [1.29, 1.82) is 0 Å². The molecule has 0 atom stereocenters. The molecule has 0 bridgehead atoms. The molecule has 78 valence electrons. The Kier molecular flexibility index (Phi) is 2.46. The van der Waals surface area contributed by atoms with Crippen molar-refractivity contribution in [2.45, 2.75) is 13.8 Å². The van der Waals surface area contributed by atoms with Crippen LogP contribution in [0.2, 0.25) is 0 Å². The van der Waals surface area contributed by atoms with E-state index in [1.54, 1.807) is 0 Å². The molecular formula is C12H15N3. The number of nitrogens with one attached hydrogen (secondary N) is 1. The number of nitrogens with zero attached hydrogens (tertiary/aromatic N) is 2. The van der Waals surface area contributed by atoms with E-state index in [0.717, 1.165) is 22.9 Å². The first-order valence-electron chi connectivity index (χ1n) is 5.02. The average molecular weight is 201 g/mol. The van der Waals surface area contributed by atoms with E-state index in [2.05, 4.69) is 27.0 Å². The molecule has 2 aromatic rings. The molecule has 3 nitrogen and oxygen atoms in total. The fourth-order valence-electron chi connectivity index (χ4n) is 1.76. The second-order valence-corrected chi connectivity index (χ2v) is 3.57. The lowest BCUT2D eigenvalue weighted by atomic mass is 10.2. The molecule has 1 aromatic heterocycles. The molecule has 0 saturated heterocycles. The van der Waals surface area contributed by atoms with Gasteiger partial charge >= 0.3 is 0 Å². The van der Waals surface area contributed by atoms with Crippen LogP contribution in [0.5, 0.6) is 0 Å². The van der Waals surface area contributed by atoms with E-state index in [9.17, 15) is 0 Å². The van der Waals surface area contributed by atoms with Crippen molar-refractivity contribution in [3.05, 3.63) is 42.0 Å². The molecule has 0 unspecified atom stereocenters. The summed E-state index contributed by atoms with van der Waals surface area (Å²) in [5, 5.41) is 3.18. The number of anilines is 1. The van der Waals surface area contributed by atoms with E-state index in [1.165, 1.54) is 0 Å². The van der Waals surface area contributed by atoms with Gasteiger partial charge in [0.25, 0.3) is 0 Å². The Labute approximate surface area is 89.8 Å². The van der Waals surface area contributed by atoms with Crippen molar-refractivity contribution in [1.82, 2.24) is 9.55 Å². The van der Waals surface area contributed by atoms with Crippen molar-refractivity contribution in [2.75, 3.05) is 12.4 Å². The molecule has 0 fully saturated rings. The topological polar surface area (TPSA) is 29.9 Å². The maximum absolute atomic E-state index is 4.40. The largest absolute Gasteiger partial charge is 0.386 e. The molecular weight excluding hydrogens is 186 g/mol. The second-order valence-electron chi connectivity index (χ2n) is 3.57. The molecule has 0 saturated carbocycles. The van der Waals surface area contributed by atoms with E-state index in [0.29, 0.717) is 0 Å². The summed E-state index contributed by atoms with van der Waals surface area (Å²) in [4.78, 5) is 4.40. The number of hydrogen-bond acceptors (Lipinski definition) is 2. The molecule has 0 aliphatic rings. The predicted molar refractivity (Wildman–Crippen MR) is 62.6 cm³/mol. The minimum atomic E-state index is 1.01. The van der Waals surface area contributed by atoms with Gasteiger partial charge < -0.3 is 9.88 Å². The lowest BCUT2D eigenvalue weighted by molar-refractivity contribution is 0.975. The summed E-state index contributed by atoms with van der Waals surface area (Å²) in [6.07, 6.45) is 2.05. The highest BCUT2D eigenvalue weighted by atomic mass is 15.1. The number of hydrogen-bond donors (Lipinski definition) is 1. The molecule has 0 aliphatic heterocycles. The molecule has 1 N–H and O–H groups in total. The summed E-state index contributed by atoms with van der Waals surface area (Å²) in [6, 6.07) is 8.20. The molecule has 2 rings (SSSR count). The van der Waals surface area contributed by atoms with E-state index >= 15 is 0 Å². The van der Waals surface area contributed by atoms with Crippen LogP contribution in [0, 0.1) is 13.8 Å². The molecule has 1 aromatic carbocycles. The van der Waals surface area contributed by atoms with Crippen molar-refractivity contribution in [3.8, 4) is 5.69 Å².